The molecule has 0 heterocycles. The highest BCUT2D eigenvalue weighted by Gasteiger charge is 2.12. The number of rotatable bonds is 7. The summed E-state index contributed by atoms with van der Waals surface area (Å²) in [5, 5.41) is 12.8. The molecule has 0 aliphatic rings. The Kier molecular flexibility index (Phi) is 7.61. The molecule has 19 heavy (non-hydrogen) atoms. The highest BCUT2D eigenvalue weighted by molar-refractivity contribution is 7.98. The maximum Gasteiger partial charge on any atom is 0.224 e. The van der Waals surface area contributed by atoms with Crippen LogP contribution < -0.4 is 5.32 Å². The van der Waals surface area contributed by atoms with Crippen molar-refractivity contribution in [3.8, 4) is 0 Å². The zero-order valence-corrected chi connectivity index (χ0v) is 13.0. The van der Waals surface area contributed by atoms with Gasteiger partial charge in [-0.25, -0.2) is 0 Å². The van der Waals surface area contributed by atoms with Crippen LogP contribution in [0, 0.1) is 0 Å². The van der Waals surface area contributed by atoms with E-state index < -0.39 is 0 Å². The van der Waals surface area contributed by atoms with Gasteiger partial charge >= 0.3 is 0 Å². The van der Waals surface area contributed by atoms with Gasteiger partial charge in [-0.3, -0.25) is 4.79 Å². The van der Waals surface area contributed by atoms with Crippen LogP contribution in [0.3, 0.4) is 0 Å². The summed E-state index contributed by atoms with van der Waals surface area (Å²) in [6.07, 6.45) is 2.79. The van der Waals surface area contributed by atoms with E-state index >= 15 is 0 Å². The molecular weight excluding hydrogens is 305 g/mol. The van der Waals surface area contributed by atoms with Crippen molar-refractivity contribution in [2.24, 2.45) is 0 Å². The molecule has 3 nitrogen and oxygen atoms in total. The molecule has 0 saturated carbocycles. The first kappa shape index (κ1) is 16.6. The lowest BCUT2D eigenvalue weighted by molar-refractivity contribution is -0.121. The fraction of sp³-hybridized carbons (Fsp3) is 0.462. The van der Waals surface area contributed by atoms with Crippen molar-refractivity contribution in [1.82, 2.24) is 5.32 Å². The first-order valence-corrected chi connectivity index (χ1v) is 8.05. The van der Waals surface area contributed by atoms with Crippen LogP contribution in [-0.4, -0.2) is 35.7 Å². The third kappa shape index (κ3) is 6.04. The number of carbonyl (C=O) groups is 1. The van der Waals surface area contributed by atoms with E-state index in [1.807, 2.05) is 6.26 Å². The summed E-state index contributed by atoms with van der Waals surface area (Å²) in [4.78, 5) is 11.9. The Labute approximate surface area is 127 Å². The van der Waals surface area contributed by atoms with Crippen molar-refractivity contribution in [3.63, 3.8) is 0 Å². The number of aliphatic hydroxyl groups excluding tert-OH is 1. The van der Waals surface area contributed by atoms with Crippen LogP contribution in [0.5, 0.6) is 0 Å². The summed E-state index contributed by atoms with van der Waals surface area (Å²) in [5.41, 5.74) is 0.818. The predicted molar refractivity (Wildman–Crippen MR) is 82.2 cm³/mol. The summed E-state index contributed by atoms with van der Waals surface area (Å²) < 4.78 is 0. The zero-order valence-electron chi connectivity index (χ0n) is 10.7. The van der Waals surface area contributed by atoms with Crippen LogP contribution in [0.25, 0.3) is 0 Å². The first-order chi connectivity index (χ1) is 9.06. The van der Waals surface area contributed by atoms with Crippen molar-refractivity contribution >= 4 is 40.9 Å². The minimum Gasteiger partial charge on any atom is -0.396 e. The number of hydrogen-bond acceptors (Lipinski definition) is 3. The van der Waals surface area contributed by atoms with E-state index in [1.165, 1.54) is 0 Å². The number of thioether (sulfide) groups is 1. The average molecular weight is 322 g/mol. The van der Waals surface area contributed by atoms with Crippen LogP contribution in [0.2, 0.25) is 10.0 Å². The van der Waals surface area contributed by atoms with E-state index in [-0.39, 0.29) is 25.0 Å². The highest BCUT2D eigenvalue weighted by Crippen LogP contribution is 2.22. The van der Waals surface area contributed by atoms with Crippen LogP contribution in [0.4, 0.5) is 0 Å². The molecule has 1 aromatic carbocycles. The Morgan fingerprint density at radius 3 is 2.74 bits per heavy atom. The molecule has 106 valence electrons. The summed E-state index contributed by atoms with van der Waals surface area (Å²) in [7, 11) is 0. The van der Waals surface area contributed by atoms with Gasteiger partial charge in [0, 0.05) is 18.4 Å². The number of amides is 1. The molecule has 1 aromatic rings. The molecule has 0 aromatic heterocycles. The molecule has 0 radical (unpaired) electrons. The molecule has 0 bridgehead atoms. The molecule has 0 fully saturated rings. The normalized spacial score (nSPS) is 12.2. The Bertz CT molecular complexity index is 423. The van der Waals surface area contributed by atoms with E-state index in [0.29, 0.717) is 16.5 Å². The second kappa shape index (κ2) is 8.69. The lowest BCUT2D eigenvalue weighted by atomic mass is 10.1. The molecule has 0 aliphatic carbocycles. The Morgan fingerprint density at radius 2 is 2.16 bits per heavy atom. The van der Waals surface area contributed by atoms with Gasteiger partial charge in [0.1, 0.15) is 0 Å². The monoisotopic (exact) mass is 321 g/mol. The first-order valence-electron chi connectivity index (χ1n) is 5.90. The molecule has 1 rings (SSSR count). The van der Waals surface area contributed by atoms with Crippen LogP contribution in [0.1, 0.15) is 12.0 Å². The Balaban J connectivity index is 2.55. The summed E-state index contributed by atoms with van der Waals surface area (Å²) in [6.45, 7) is 0.0677. The number of halogens is 2. The fourth-order valence-corrected chi connectivity index (χ4v) is 2.64. The quantitative estimate of drug-likeness (QED) is 0.811. The standard InChI is InChI=1S/C13H17Cl2NO2S/c1-19-8-10(4-5-17)16-13(18)7-9-2-3-11(14)12(15)6-9/h2-3,6,10,17H,4-5,7-8H2,1H3,(H,16,18). The molecule has 0 spiro atoms. The number of nitrogens with one attached hydrogen (secondary N) is 1. The van der Waals surface area contributed by atoms with Gasteiger partial charge in [0.05, 0.1) is 16.5 Å². The fourth-order valence-electron chi connectivity index (χ4n) is 1.67. The molecule has 0 saturated heterocycles. The van der Waals surface area contributed by atoms with Gasteiger partial charge < -0.3 is 10.4 Å². The van der Waals surface area contributed by atoms with E-state index in [0.717, 1.165) is 11.3 Å². The van der Waals surface area contributed by atoms with Crippen LogP contribution in [0.15, 0.2) is 18.2 Å². The van der Waals surface area contributed by atoms with Gasteiger partial charge in [-0.15, -0.1) is 0 Å². The third-order valence-electron chi connectivity index (χ3n) is 2.56. The van der Waals surface area contributed by atoms with Gasteiger partial charge in [-0.1, -0.05) is 29.3 Å². The number of hydrogen-bond donors (Lipinski definition) is 2. The number of aliphatic hydroxyl groups is 1. The van der Waals surface area contributed by atoms with E-state index in [4.69, 9.17) is 28.3 Å². The summed E-state index contributed by atoms with van der Waals surface area (Å²) in [6, 6.07) is 5.15. The van der Waals surface area contributed by atoms with E-state index in [1.54, 1.807) is 30.0 Å². The predicted octanol–water partition coefficient (Wildman–Crippen LogP) is 2.77. The summed E-state index contributed by atoms with van der Waals surface area (Å²) >= 11 is 13.4. The molecule has 1 amide bonds. The average Bonchev–Trinajstić information content (AvgIpc) is 2.34. The maximum atomic E-state index is 11.9. The van der Waals surface area contributed by atoms with Crippen molar-refractivity contribution in [2.75, 3.05) is 18.6 Å². The van der Waals surface area contributed by atoms with Crippen LogP contribution >= 0.6 is 35.0 Å². The van der Waals surface area contributed by atoms with Gasteiger partial charge in [0.25, 0.3) is 0 Å². The van der Waals surface area contributed by atoms with Crippen molar-refractivity contribution in [2.45, 2.75) is 18.9 Å². The maximum absolute atomic E-state index is 11.9. The Hall–Kier alpha value is -0.420. The number of carbonyl (C=O) groups excluding carboxylic acids is 1. The van der Waals surface area contributed by atoms with Crippen molar-refractivity contribution < 1.29 is 9.90 Å². The van der Waals surface area contributed by atoms with E-state index in [9.17, 15) is 4.79 Å². The van der Waals surface area contributed by atoms with E-state index in [2.05, 4.69) is 5.32 Å². The smallest absolute Gasteiger partial charge is 0.224 e. The SMILES string of the molecule is CSCC(CCO)NC(=O)Cc1ccc(Cl)c(Cl)c1. The third-order valence-corrected chi connectivity index (χ3v) is 4.03. The zero-order chi connectivity index (χ0) is 14.3. The molecule has 2 N–H and O–H groups in total. The van der Waals surface area contributed by atoms with Crippen LogP contribution in [-0.2, 0) is 11.2 Å². The molecule has 1 unspecified atom stereocenters. The lowest BCUT2D eigenvalue weighted by Crippen LogP contribution is -2.38. The van der Waals surface area contributed by atoms with Gasteiger partial charge in [0.2, 0.25) is 5.91 Å². The van der Waals surface area contributed by atoms with Crippen molar-refractivity contribution in [1.29, 1.82) is 0 Å². The molecule has 0 aliphatic heterocycles. The topological polar surface area (TPSA) is 49.3 Å². The van der Waals surface area contributed by atoms with Gasteiger partial charge in [0.15, 0.2) is 0 Å². The molecular formula is C13H17Cl2NO2S. The van der Waals surface area contributed by atoms with Crippen molar-refractivity contribution in [3.05, 3.63) is 33.8 Å². The minimum atomic E-state index is -0.0779. The second-order valence-electron chi connectivity index (χ2n) is 4.16. The molecule has 1 atom stereocenters. The van der Waals surface area contributed by atoms with Gasteiger partial charge in [-0.2, -0.15) is 11.8 Å². The lowest BCUT2D eigenvalue weighted by Gasteiger charge is -2.16. The summed E-state index contributed by atoms with van der Waals surface area (Å²) in [5.74, 6) is 0.708. The Morgan fingerprint density at radius 1 is 1.42 bits per heavy atom. The highest BCUT2D eigenvalue weighted by atomic mass is 35.5. The van der Waals surface area contributed by atoms with Gasteiger partial charge in [-0.05, 0) is 30.4 Å². The molecule has 6 heteroatoms. The number of benzene rings is 1. The minimum absolute atomic E-state index is 0.00438. The second-order valence-corrected chi connectivity index (χ2v) is 5.88. The largest absolute Gasteiger partial charge is 0.396 e.